The first kappa shape index (κ1) is 15.7. The number of ketones is 1. The molecule has 2 heteroatoms. The summed E-state index contributed by atoms with van der Waals surface area (Å²) in [6.45, 7) is 8.70. The molecular weight excluding hydrogens is 236 g/mol. The molecule has 0 heterocycles. The number of ether oxygens (including phenoxy) is 1. The van der Waals surface area contributed by atoms with Crippen molar-refractivity contribution < 1.29 is 9.53 Å². The van der Waals surface area contributed by atoms with Crippen LogP contribution in [0.4, 0.5) is 0 Å². The Hall–Kier alpha value is -1.31. The summed E-state index contributed by atoms with van der Waals surface area (Å²) in [7, 11) is 0. The molecule has 0 spiro atoms. The van der Waals surface area contributed by atoms with Crippen molar-refractivity contribution in [2.75, 3.05) is 6.61 Å². The van der Waals surface area contributed by atoms with Gasteiger partial charge in [0, 0.05) is 0 Å². The number of hydrogen-bond acceptors (Lipinski definition) is 2. The van der Waals surface area contributed by atoms with Crippen LogP contribution in [-0.2, 0) is 0 Å². The SMILES string of the molecule is CCCCC(CC)COc1ccc(C)cc1C(C)=O. The number of carbonyl (C=O) groups is 1. The Morgan fingerprint density at radius 3 is 2.63 bits per heavy atom. The van der Waals surface area contributed by atoms with Crippen molar-refractivity contribution in [3.05, 3.63) is 29.3 Å². The fourth-order valence-electron chi connectivity index (χ4n) is 2.15. The van der Waals surface area contributed by atoms with Crippen LogP contribution in [0.15, 0.2) is 18.2 Å². The summed E-state index contributed by atoms with van der Waals surface area (Å²) in [6.07, 6.45) is 4.80. The summed E-state index contributed by atoms with van der Waals surface area (Å²) in [5, 5.41) is 0. The topological polar surface area (TPSA) is 26.3 Å². The predicted molar refractivity (Wildman–Crippen MR) is 80.0 cm³/mol. The Labute approximate surface area is 117 Å². The van der Waals surface area contributed by atoms with Crippen LogP contribution in [0.3, 0.4) is 0 Å². The second-order valence-corrected chi connectivity index (χ2v) is 5.28. The molecule has 0 radical (unpaired) electrons. The second-order valence-electron chi connectivity index (χ2n) is 5.28. The predicted octanol–water partition coefficient (Wildman–Crippen LogP) is 4.79. The first-order chi connectivity index (χ1) is 9.08. The van der Waals surface area contributed by atoms with Crippen LogP contribution in [0.25, 0.3) is 0 Å². The van der Waals surface area contributed by atoms with Crippen LogP contribution in [0.2, 0.25) is 0 Å². The van der Waals surface area contributed by atoms with Crippen LogP contribution in [-0.4, -0.2) is 12.4 Å². The van der Waals surface area contributed by atoms with E-state index in [1.54, 1.807) is 6.92 Å². The average molecular weight is 262 g/mol. The molecule has 0 N–H and O–H groups in total. The number of aryl methyl sites for hydroxylation is 1. The van der Waals surface area contributed by atoms with Crippen molar-refractivity contribution in [2.45, 2.75) is 53.4 Å². The summed E-state index contributed by atoms with van der Waals surface area (Å²) in [5.74, 6) is 1.38. The van der Waals surface area contributed by atoms with Gasteiger partial charge < -0.3 is 4.74 Å². The van der Waals surface area contributed by atoms with E-state index in [2.05, 4.69) is 13.8 Å². The highest BCUT2D eigenvalue weighted by atomic mass is 16.5. The molecule has 0 aliphatic carbocycles. The Morgan fingerprint density at radius 2 is 2.05 bits per heavy atom. The third kappa shape index (κ3) is 5.06. The number of rotatable bonds is 8. The molecule has 0 saturated heterocycles. The molecule has 19 heavy (non-hydrogen) atoms. The quantitative estimate of drug-likeness (QED) is 0.629. The summed E-state index contributed by atoms with van der Waals surface area (Å²) in [4.78, 5) is 11.6. The average Bonchev–Trinajstić information content (AvgIpc) is 2.40. The maximum absolute atomic E-state index is 11.6. The largest absolute Gasteiger partial charge is 0.493 e. The summed E-state index contributed by atoms with van der Waals surface area (Å²) < 4.78 is 5.88. The molecule has 1 atom stereocenters. The van der Waals surface area contributed by atoms with Crippen LogP contribution in [0, 0.1) is 12.8 Å². The number of Topliss-reactive ketones (excluding diaryl/α,β-unsaturated/α-hetero) is 1. The van der Waals surface area contributed by atoms with E-state index in [-0.39, 0.29) is 5.78 Å². The molecular formula is C17H26O2. The molecule has 1 rings (SSSR count). The Balaban J connectivity index is 2.68. The van der Waals surface area contributed by atoms with Crippen LogP contribution in [0.5, 0.6) is 5.75 Å². The van der Waals surface area contributed by atoms with Crippen molar-refractivity contribution in [1.82, 2.24) is 0 Å². The zero-order chi connectivity index (χ0) is 14.3. The fraction of sp³-hybridized carbons (Fsp3) is 0.588. The van der Waals surface area contributed by atoms with Gasteiger partial charge in [-0.1, -0.05) is 44.7 Å². The highest BCUT2D eigenvalue weighted by molar-refractivity contribution is 5.97. The zero-order valence-corrected chi connectivity index (χ0v) is 12.7. The van der Waals surface area contributed by atoms with Gasteiger partial charge in [-0.2, -0.15) is 0 Å². The lowest BCUT2D eigenvalue weighted by molar-refractivity contribution is 0.101. The van der Waals surface area contributed by atoms with E-state index >= 15 is 0 Å². The summed E-state index contributed by atoms with van der Waals surface area (Å²) in [6, 6.07) is 5.82. The van der Waals surface area contributed by atoms with E-state index in [0.717, 1.165) is 17.7 Å². The van der Waals surface area contributed by atoms with Crippen molar-refractivity contribution >= 4 is 5.78 Å². The first-order valence-electron chi connectivity index (χ1n) is 7.32. The Morgan fingerprint density at radius 1 is 1.32 bits per heavy atom. The van der Waals surface area contributed by atoms with Gasteiger partial charge >= 0.3 is 0 Å². The molecule has 0 fully saturated rings. The van der Waals surface area contributed by atoms with E-state index in [1.807, 2.05) is 25.1 Å². The van der Waals surface area contributed by atoms with Gasteiger partial charge in [0.2, 0.25) is 0 Å². The number of benzene rings is 1. The van der Waals surface area contributed by atoms with Crippen LogP contribution < -0.4 is 4.74 Å². The van der Waals surface area contributed by atoms with Gasteiger partial charge in [-0.3, -0.25) is 4.79 Å². The van der Waals surface area contributed by atoms with Gasteiger partial charge in [0.15, 0.2) is 5.78 Å². The molecule has 1 unspecified atom stereocenters. The fourth-order valence-corrected chi connectivity index (χ4v) is 2.15. The van der Waals surface area contributed by atoms with Gasteiger partial charge in [0.05, 0.1) is 12.2 Å². The lowest BCUT2D eigenvalue weighted by atomic mass is 10.0. The standard InChI is InChI=1S/C17H26O2/c1-5-7-8-15(6-2)12-19-17-10-9-13(3)11-16(17)14(4)18/h9-11,15H,5-8,12H2,1-4H3. The van der Waals surface area contributed by atoms with Crippen LogP contribution in [0.1, 0.15) is 62.4 Å². The molecule has 1 aromatic rings. The maximum atomic E-state index is 11.6. The van der Waals surface area contributed by atoms with E-state index in [1.165, 1.54) is 19.3 Å². The van der Waals surface area contributed by atoms with E-state index in [0.29, 0.717) is 18.1 Å². The summed E-state index contributed by atoms with van der Waals surface area (Å²) in [5.41, 5.74) is 1.79. The number of carbonyl (C=O) groups excluding carboxylic acids is 1. The minimum atomic E-state index is 0.0697. The van der Waals surface area contributed by atoms with E-state index < -0.39 is 0 Å². The van der Waals surface area contributed by atoms with E-state index in [9.17, 15) is 4.79 Å². The van der Waals surface area contributed by atoms with Crippen molar-refractivity contribution in [2.24, 2.45) is 5.92 Å². The molecule has 106 valence electrons. The molecule has 2 nitrogen and oxygen atoms in total. The zero-order valence-electron chi connectivity index (χ0n) is 12.7. The molecule has 0 aliphatic heterocycles. The van der Waals surface area contributed by atoms with Gasteiger partial charge in [0.25, 0.3) is 0 Å². The molecule has 0 bridgehead atoms. The maximum Gasteiger partial charge on any atom is 0.163 e. The molecule has 0 aromatic heterocycles. The highest BCUT2D eigenvalue weighted by Gasteiger charge is 2.11. The minimum Gasteiger partial charge on any atom is -0.493 e. The van der Waals surface area contributed by atoms with E-state index in [4.69, 9.17) is 4.74 Å². The van der Waals surface area contributed by atoms with Crippen molar-refractivity contribution in [1.29, 1.82) is 0 Å². The lowest BCUT2D eigenvalue weighted by Gasteiger charge is -2.17. The third-order valence-electron chi connectivity index (χ3n) is 3.53. The normalized spacial score (nSPS) is 12.2. The van der Waals surface area contributed by atoms with Crippen molar-refractivity contribution in [3.63, 3.8) is 0 Å². The van der Waals surface area contributed by atoms with Gasteiger partial charge in [-0.25, -0.2) is 0 Å². The summed E-state index contributed by atoms with van der Waals surface area (Å²) >= 11 is 0. The smallest absolute Gasteiger partial charge is 0.163 e. The molecule has 0 amide bonds. The van der Waals surface area contributed by atoms with Gasteiger partial charge in [-0.15, -0.1) is 0 Å². The minimum absolute atomic E-state index is 0.0697. The van der Waals surface area contributed by atoms with Crippen molar-refractivity contribution in [3.8, 4) is 5.75 Å². The molecule has 0 aliphatic rings. The Kier molecular flexibility index (Phi) is 6.61. The highest BCUT2D eigenvalue weighted by Crippen LogP contribution is 2.22. The number of unbranched alkanes of at least 4 members (excludes halogenated alkanes) is 1. The molecule has 0 saturated carbocycles. The Bertz CT molecular complexity index is 410. The second kappa shape index (κ2) is 7.98. The lowest BCUT2D eigenvalue weighted by Crippen LogP contribution is -2.13. The first-order valence-corrected chi connectivity index (χ1v) is 7.32. The number of hydrogen-bond donors (Lipinski definition) is 0. The van der Waals surface area contributed by atoms with Gasteiger partial charge in [-0.05, 0) is 38.3 Å². The van der Waals surface area contributed by atoms with Crippen LogP contribution >= 0.6 is 0 Å². The third-order valence-corrected chi connectivity index (χ3v) is 3.53. The monoisotopic (exact) mass is 262 g/mol. The van der Waals surface area contributed by atoms with Gasteiger partial charge in [0.1, 0.15) is 5.75 Å². The molecule has 1 aromatic carbocycles.